The molecule has 2 rings (SSSR count). The Morgan fingerprint density at radius 2 is 2.24 bits per heavy atom. The van der Waals surface area contributed by atoms with Crippen LogP contribution in [0.4, 0.5) is 9.80 Å². The second-order valence-corrected chi connectivity index (χ2v) is 6.25. The van der Waals surface area contributed by atoms with Gasteiger partial charge in [0.05, 0.1) is 0 Å². The van der Waals surface area contributed by atoms with Crippen LogP contribution in [0.2, 0.25) is 0 Å². The van der Waals surface area contributed by atoms with Crippen LogP contribution in [0.25, 0.3) is 10.4 Å². The first-order valence-electron chi connectivity index (χ1n) is 5.99. The van der Waals surface area contributed by atoms with Crippen molar-refractivity contribution in [3.63, 3.8) is 0 Å². The number of nitrogens with one attached hydrogen (secondary N) is 1. The molecule has 21 heavy (non-hydrogen) atoms. The van der Waals surface area contributed by atoms with Crippen LogP contribution >= 0.6 is 22.7 Å². The number of carbonyl (C=O) groups is 2. The van der Waals surface area contributed by atoms with Gasteiger partial charge in [0.15, 0.2) is 0 Å². The first-order valence-corrected chi connectivity index (χ1v) is 7.68. The summed E-state index contributed by atoms with van der Waals surface area (Å²) in [4.78, 5) is 25.0. The number of rotatable bonds is 5. The maximum absolute atomic E-state index is 11.5. The second-order valence-electron chi connectivity index (χ2n) is 4.08. The average molecular weight is 323 g/mol. The summed E-state index contributed by atoms with van der Waals surface area (Å²) >= 11 is 2.66. The van der Waals surface area contributed by atoms with Gasteiger partial charge in [-0.05, 0) is 19.1 Å². The van der Waals surface area contributed by atoms with Gasteiger partial charge < -0.3 is 9.84 Å². The lowest BCUT2D eigenvalue weighted by atomic mass is 10.1. The molecule has 1 amide bonds. The van der Waals surface area contributed by atoms with E-state index in [-0.39, 0.29) is 17.2 Å². The largest absolute Gasteiger partial charge is 0.478 e. The van der Waals surface area contributed by atoms with E-state index in [0.29, 0.717) is 5.56 Å². The topological polar surface area (TPSA) is 75.6 Å². The van der Waals surface area contributed by atoms with E-state index in [0.717, 1.165) is 21.1 Å². The predicted molar refractivity (Wildman–Crippen MR) is 84.5 cm³/mol. The van der Waals surface area contributed by atoms with Crippen LogP contribution in [-0.4, -0.2) is 23.8 Å². The van der Waals surface area contributed by atoms with Crippen molar-refractivity contribution in [2.45, 2.75) is 6.92 Å². The molecule has 0 spiro atoms. The summed E-state index contributed by atoms with van der Waals surface area (Å²) in [6.45, 7) is 5.45. The molecule has 110 valence electrons. The molecule has 5 nitrogen and oxygen atoms in total. The highest BCUT2D eigenvalue weighted by Crippen LogP contribution is 2.38. The standard InChI is InChI=1S/C14H13NO4S2/c1-3-6-19-14(18)15-12-11(13(16)17)9(7-20-12)10-5-4-8(2)21-10/h3-5,7H,1,6H2,2H3,(H,15,18)(H,16,17). The molecule has 7 heteroatoms. The van der Waals surface area contributed by atoms with Gasteiger partial charge in [-0.3, -0.25) is 5.32 Å². The Hall–Kier alpha value is -2.12. The number of anilines is 1. The molecule has 0 aromatic carbocycles. The zero-order valence-electron chi connectivity index (χ0n) is 11.2. The molecule has 0 bridgehead atoms. The van der Waals surface area contributed by atoms with E-state index < -0.39 is 12.1 Å². The van der Waals surface area contributed by atoms with Crippen molar-refractivity contribution in [2.75, 3.05) is 11.9 Å². The molecule has 0 fully saturated rings. The molecular weight excluding hydrogens is 310 g/mol. The van der Waals surface area contributed by atoms with Crippen molar-refractivity contribution in [1.82, 2.24) is 0 Å². The number of hydrogen-bond donors (Lipinski definition) is 2. The van der Waals surface area contributed by atoms with Crippen molar-refractivity contribution < 1.29 is 19.4 Å². The molecule has 0 aliphatic carbocycles. The van der Waals surface area contributed by atoms with Crippen LogP contribution < -0.4 is 5.32 Å². The van der Waals surface area contributed by atoms with Gasteiger partial charge >= 0.3 is 12.1 Å². The summed E-state index contributed by atoms with van der Waals surface area (Å²) < 4.78 is 4.80. The lowest BCUT2D eigenvalue weighted by Gasteiger charge is -2.05. The molecule has 0 atom stereocenters. The lowest BCUT2D eigenvalue weighted by Crippen LogP contribution is -2.14. The summed E-state index contributed by atoms with van der Waals surface area (Å²) in [6, 6.07) is 3.79. The minimum atomic E-state index is -1.09. The molecular formula is C14H13NO4S2. The molecule has 0 saturated carbocycles. The smallest absolute Gasteiger partial charge is 0.412 e. The average Bonchev–Trinajstić information content (AvgIpc) is 3.02. The predicted octanol–water partition coefficient (Wildman–Crippen LogP) is 4.22. The fourth-order valence-corrected chi connectivity index (χ4v) is 3.59. The highest BCUT2D eigenvalue weighted by atomic mass is 32.1. The van der Waals surface area contributed by atoms with Gasteiger partial charge in [0.1, 0.15) is 17.2 Å². The minimum absolute atomic E-state index is 0.0661. The molecule has 2 heterocycles. The number of carboxylic acids is 1. The Balaban J connectivity index is 2.31. The summed E-state index contributed by atoms with van der Waals surface area (Å²) in [7, 11) is 0. The summed E-state index contributed by atoms with van der Waals surface area (Å²) in [5.41, 5.74) is 0.682. The Morgan fingerprint density at radius 3 is 2.81 bits per heavy atom. The molecule has 0 unspecified atom stereocenters. The van der Waals surface area contributed by atoms with Gasteiger partial charge in [-0.15, -0.1) is 22.7 Å². The Kier molecular flexibility index (Phi) is 4.77. The molecule has 2 aromatic rings. The normalized spacial score (nSPS) is 10.1. The minimum Gasteiger partial charge on any atom is -0.478 e. The van der Waals surface area contributed by atoms with E-state index in [2.05, 4.69) is 11.9 Å². The maximum Gasteiger partial charge on any atom is 0.412 e. The van der Waals surface area contributed by atoms with E-state index in [1.807, 2.05) is 19.1 Å². The quantitative estimate of drug-likeness (QED) is 0.808. The number of aromatic carboxylic acids is 1. The molecule has 0 radical (unpaired) electrons. The summed E-state index contributed by atoms with van der Waals surface area (Å²) in [5.74, 6) is -1.09. The molecule has 2 N–H and O–H groups in total. The van der Waals surface area contributed by atoms with Crippen molar-refractivity contribution in [3.05, 3.63) is 40.6 Å². The van der Waals surface area contributed by atoms with Gasteiger partial charge in [-0.2, -0.15) is 0 Å². The highest BCUT2D eigenvalue weighted by molar-refractivity contribution is 7.17. The SMILES string of the molecule is C=CCOC(=O)Nc1scc(-c2ccc(C)s2)c1C(=O)O. The fourth-order valence-electron chi connectivity index (χ4n) is 1.69. The van der Waals surface area contributed by atoms with E-state index in [9.17, 15) is 14.7 Å². The zero-order valence-corrected chi connectivity index (χ0v) is 12.8. The van der Waals surface area contributed by atoms with Gasteiger partial charge in [-0.25, -0.2) is 9.59 Å². The fraction of sp³-hybridized carbons (Fsp3) is 0.143. The monoisotopic (exact) mass is 323 g/mol. The number of carbonyl (C=O) groups excluding carboxylic acids is 1. The van der Waals surface area contributed by atoms with E-state index in [1.165, 1.54) is 17.4 Å². The van der Waals surface area contributed by atoms with E-state index in [4.69, 9.17) is 4.74 Å². The number of ether oxygens (including phenoxy) is 1. The third-order valence-electron chi connectivity index (χ3n) is 2.56. The summed E-state index contributed by atoms with van der Waals surface area (Å²) in [5, 5.41) is 13.8. The van der Waals surface area contributed by atoms with Crippen LogP contribution in [0.15, 0.2) is 30.2 Å². The van der Waals surface area contributed by atoms with Crippen molar-refractivity contribution in [3.8, 4) is 10.4 Å². The van der Waals surface area contributed by atoms with Crippen molar-refractivity contribution in [1.29, 1.82) is 0 Å². The number of amides is 1. The zero-order chi connectivity index (χ0) is 15.4. The molecule has 0 aliphatic heterocycles. The first-order chi connectivity index (χ1) is 10.0. The number of aryl methyl sites for hydroxylation is 1. The third-order valence-corrected chi connectivity index (χ3v) is 4.49. The van der Waals surface area contributed by atoms with Crippen LogP contribution in [0, 0.1) is 6.92 Å². The van der Waals surface area contributed by atoms with Crippen LogP contribution in [0.1, 0.15) is 15.2 Å². The Labute approximate surface area is 129 Å². The number of thiophene rings is 2. The summed E-state index contributed by atoms with van der Waals surface area (Å²) in [6.07, 6.45) is 0.736. The number of carboxylic acid groups (broad SMARTS) is 1. The van der Waals surface area contributed by atoms with Gasteiger partial charge in [0.25, 0.3) is 0 Å². The lowest BCUT2D eigenvalue weighted by molar-refractivity contribution is 0.0699. The third kappa shape index (κ3) is 3.50. The van der Waals surface area contributed by atoms with Crippen LogP contribution in [-0.2, 0) is 4.74 Å². The second kappa shape index (κ2) is 6.55. The molecule has 0 aliphatic rings. The van der Waals surface area contributed by atoms with E-state index >= 15 is 0 Å². The Morgan fingerprint density at radius 1 is 1.48 bits per heavy atom. The van der Waals surface area contributed by atoms with Crippen LogP contribution in [0.3, 0.4) is 0 Å². The van der Waals surface area contributed by atoms with Gasteiger partial charge in [0, 0.05) is 20.7 Å². The van der Waals surface area contributed by atoms with Crippen molar-refractivity contribution >= 4 is 39.7 Å². The van der Waals surface area contributed by atoms with Gasteiger partial charge in [-0.1, -0.05) is 12.7 Å². The van der Waals surface area contributed by atoms with Gasteiger partial charge in [0.2, 0.25) is 0 Å². The van der Waals surface area contributed by atoms with E-state index in [1.54, 1.807) is 5.38 Å². The van der Waals surface area contributed by atoms with Crippen LogP contribution in [0.5, 0.6) is 0 Å². The molecule has 2 aromatic heterocycles. The first kappa shape index (κ1) is 15.3. The van der Waals surface area contributed by atoms with Crippen molar-refractivity contribution in [2.24, 2.45) is 0 Å². The maximum atomic E-state index is 11.5. The number of hydrogen-bond acceptors (Lipinski definition) is 5. The Bertz CT molecular complexity index is 687. The molecule has 0 saturated heterocycles. The highest BCUT2D eigenvalue weighted by Gasteiger charge is 2.22.